The van der Waals surface area contributed by atoms with E-state index in [1.165, 1.54) is 6.42 Å². The van der Waals surface area contributed by atoms with E-state index >= 15 is 0 Å². The van der Waals surface area contributed by atoms with Crippen LogP contribution in [0.5, 0.6) is 5.75 Å². The van der Waals surface area contributed by atoms with Crippen LogP contribution < -0.4 is 10.2 Å². The molecule has 0 heterocycles. The first-order valence-electron chi connectivity index (χ1n) is 7.57. The molecule has 1 atom stereocenters. The van der Waals surface area contributed by atoms with Crippen molar-refractivity contribution in [2.45, 2.75) is 40.0 Å². The van der Waals surface area contributed by atoms with Crippen molar-refractivity contribution in [1.82, 2.24) is 5.43 Å². The van der Waals surface area contributed by atoms with Crippen LogP contribution in [-0.2, 0) is 4.79 Å². The third-order valence-electron chi connectivity index (χ3n) is 3.70. The van der Waals surface area contributed by atoms with Gasteiger partial charge < -0.3 is 4.74 Å². The summed E-state index contributed by atoms with van der Waals surface area (Å²) in [5.41, 5.74) is 3.88. The monoisotopic (exact) mass is 322 g/mol. The summed E-state index contributed by atoms with van der Waals surface area (Å²) in [6.45, 7) is 6.60. The lowest BCUT2D eigenvalue weighted by Crippen LogP contribution is -2.31. The third kappa shape index (κ3) is 5.02. The highest BCUT2D eigenvalue weighted by molar-refractivity contribution is 6.32. The standard InChI is InChI=1S/C17H23ClN2O2/c1-12-8-13(10-17(2,3)9-12)19-20-16(21)11-22-15-7-5-4-6-14(15)18/h4-7,12H,8-11H2,1-3H3,(H,20,21)/b19-13+. The number of hydrogen-bond donors (Lipinski definition) is 1. The minimum absolute atomic E-state index is 0.0978. The Balaban J connectivity index is 1.85. The SMILES string of the molecule is CC1C/C(=N\NC(=O)COc2ccccc2Cl)CC(C)(C)C1. The maximum atomic E-state index is 11.8. The van der Waals surface area contributed by atoms with Gasteiger partial charge in [0, 0.05) is 5.71 Å². The lowest BCUT2D eigenvalue weighted by molar-refractivity contribution is -0.123. The summed E-state index contributed by atoms with van der Waals surface area (Å²) in [5.74, 6) is 0.821. The fourth-order valence-corrected chi connectivity index (χ4v) is 3.27. The molecule has 0 aromatic heterocycles. The number of carbonyl (C=O) groups excluding carboxylic acids is 1. The van der Waals surface area contributed by atoms with Crippen molar-refractivity contribution < 1.29 is 9.53 Å². The van der Waals surface area contributed by atoms with Crippen LogP contribution in [0.3, 0.4) is 0 Å². The minimum Gasteiger partial charge on any atom is -0.482 e. The van der Waals surface area contributed by atoms with Crippen molar-refractivity contribution in [1.29, 1.82) is 0 Å². The van der Waals surface area contributed by atoms with Gasteiger partial charge in [-0.15, -0.1) is 0 Å². The first kappa shape index (κ1) is 16.8. The van der Waals surface area contributed by atoms with E-state index in [0.29, 0.717) is 16.7 Å². The van der Waals surface area contributed by atoms with Crippen LogP contribution >= 0.6 is 11.6 Å². The molecule has 1 N–H and O–H groups in total. The Morgan fingerprint density at radius 3 is 2.86 bits per heavy atom. The molecule has 0 spiro atoms. The molecule has 1 unspecified atom stereocenters. The molecule has 1 aliphatic carbocycles. The number of hydrazone groups is 1. The molecule has 120 valence electrons. The maximum Gasteiger partial charge on any atom is 0.277 e. The number of ether oxygens (including phenoxy) is 1. The van der Waals surface area contributed by atoms with Gasteiger partial charge in [0.25, 0.3) is 5.91 Å². The van der Waals surface area contributed by atoms with E-state index in [1.54, 1.807) is 12.1 Å². The van der Waals surface area contributed by atoms with Crippen molar-refractivity contribution in [3.63, 3.8) is 0 Å². The molecule has 5 heteroatoms. The predicted molar refractivity (Wildman–Crippen MR) is 89.3 cm³/mol. The van der Waals surface area contributed by atoms with Crippen molar-refractivity contribution in [3.05, 3.63) is 29.3 Å². The Kier molecular flexibility index (Phi) is 5.46. The Morgan fingerprint density at radius 2 is 2.18 bits per heavy atom. The maximum absolute atomic E-state index is 11.8. The summed E-state index contributed by atoms with van der Waals surface area (Å²) >= 11 is 5.97. The molecule has 1 aliphatic rings. The van der Waals surface area contributed by atoms with Crippen LogP contribution in [0.15, 0.2) is 29.4 Å². The molecule has 0 bridgehead atoms. The number of hydrogen-bond acceptors (Lipinski definition) is 3. The van der Waals surface area contributed by atoms with E-state index in [0.717, 1.165) is 18.6 Å². The molecule has 1 fully saturated rings. The van der Waals surface area contributed by atoms with Crippen LogP contribution in [0.4, 0.5) is 0 Å². The van der Waals surface area contributed by atoms with Gasteiger partial charge in [0.1, 0.15) is 5.75 Å². The van der Waals surface area contributed by atoms with Gasteiger partial charge in [0.15, 0.2) is 6.61 Å². The zero-order valence-electron chi connectivity index (χ0n) is 13.4. The minimum atomic E-state index is -0.275. The van der Waals surface area contributed by atoms with Crippen molar-refractivity contribution in [2.75, 3.05) is 6.61 Å². The van der Waals surface area contributed by atoms with Crippen LogP contribution in [-0.4, -0.2) is 18.2 Å². The van der Waals surface area contributed by atoms with Gasteiger partial charge in [-0.1, -0.05) is 44.5 Å². The molecule has 22 heavy (non-hydrogen) atoms. The largest absolute Gasteiger partial charge is 0.482 e. The molecule has 1 aromatic carbocycles. The van der Waals surface area contributed by atoms with E-state index in [-0.39, 0.29) is 17.9 Å². The number of amides is 1. The fourth-order valence-electron chi connectivity index (χ4n) is 3.08. The summed E-state index contributed by atoms with van der Waals surface area (Å²) in [6.07, 6.45) is 3.05. The van der Waals surface area contributed by atoms with E-state index in [2.05, 4.69) is 31.3 Å². The third-order valence-corrected chi connectivity index (χ3v) is 4.01. The number of nitrogens with one attached hydrogen (secondary N) is 1. The highest BCUT2D eigenvalue weighted by atomic mass is 35.5. The Hall–Kier alpha value is -1.55. The van der Waals surface area contributed by atoms with E-state index in [4.69, 9.17) is 16.3 Å². The Bertz CT molecular complexity index is 570. The van der Waals surface area contributed by atoms with Crippen LogP contribution in [0.2, 0.25) is 5.02 Å². The van der Waals surface area contributed by atoms with E-state index in [9.17, 15) is 4.79 Å². The predicted octanol–water partition coefficient (Wildman–Crippen LogP) is 4.04. The summed E-state index contributed by atoms with van der Waals surface area (Å²) in [5, 5.41) is 4.76. The molecular formula is C17H23ClN2O2. The summed E-state index contributed by atoms with van der Waals surface area (Å²) < 4.78 is 5.39. The number of rotatable bonds is 4. The van der Waals surface area contributed by atoms with Gasteiger partial charge in [-0.3, -0.25) is 4.79 Å². The molecule has 0 saturated heterocycles. The van der Waals surface area contributed by atoms with Crippen LogP contribution in [0.1, 0.15) is 40.0 Å². The zero-order chi connectivity index (χ0) is 16.2. The highest BCUT2D eigenvalue weighted by Gasteiger charge is 2.29. The van der Waals surface area contributed by atoms with Crippen LogP contribution in [0.25, 0.3) is 0 Å². The summed E-state index contributed by atoms with van der Waals surface area (Å²) in [7, 11) is 0. The first-order valence-corrected chi connectivity index (χ1v) is 7.95. The topological polar surface area (TPSA) is 50.7 Å². The highest BCUT2D eigenvalue weighted by Crippen LogP contribution is 2.36. The van der Waals surface area contributed by atoms with E-state index in [1.807, 2.05) is 12.1 Å². The molecule has 1 aromatic rings. The second-order valence-corrected chi connectivity index (χ2v) is 7.19. The lowest BCUT2D eigenvalue weighted by Gasteiger charge is -2.34. The molecule has 1 amide bonds. The average molecular weight is 323 g/mol. The second kappa shape index (κ2) is 7.14. The lowest BCUT2D eigenvalue weighted by atomic mass is 9.72. The summed E-state index contributed by atoms with van der Waals surface area (Å²) in [4.78, 5) is 11.8. The van der Waals surface area contributed by atoms with Gasteiger partial charge in [-0.2, -0.15) is 5.10 Å². The molecule has 0 aliphatic heterocycles. The van der Waals surface area contributed by atoms with Crippen molar-refractivity contribution >= 4 is 23.2 Å². The average Bonchev–Trinajstić information content (AvgIpc) is 2.42. The van der Waals surface area contributed by atoms with Gasteiger partial charge in [-0.05, 0) is 42.7 Å². The zero-order valence-corrected chi connectivity index (χ0v) is 14.1. The quantitative estimate of drug-likeness (QED) is 0.851. The normalized spacial score (nSPS) is 22.4. The van der Waals surface area contributed by atoms with Gasteiger partial charge in [0.05, 0.1) is 5.02 Å². The summed E-state index contributed by atoms with van der Waals surface area (Å²) in [6, 6.07) is 7.07. The van der Waals surface area contributed by atoms with Gasteiger partial charge in [-0.25, -0.2) is 5.43 Å². The second-order valence-electron chi connectivity index (χ2n) is 6.79. The fraction of sp³-hybridized carbons (Fsp3) is 0.529. The molecule has 0 radical (unpaired) electrons. The number of halogens is 1. The molecule has 1 saturated carbocycles. The molecule has 4 nitrogen and oxygen atoms in total. The van der Waals surface area contributed by atoms with Crippen molar-refractivity contribution in [3.8, 4) is 5.75 Å². The Labute approximate surface area is 136 Å². The number of nitrogens with zero attached hydrogens (tertiary/aromatic N) is 1. The van der Waals surface area contributed by atoms with Gasteiger partial charge in [0.2, 0.25) is 0 Å². The van der Waals surface area contributed by atoms with E-state index < -0.39 is 0 Å². The number of carbonyl (C=O) groups is 1. The Morgan fingerprint density at radius 1 is 1.45 bits per heavy atom. The van der Waals surface area contributed by atoms with Crippen LogP contribution in [0, 0.1) is 11.3 Å². The first-order chi connectivity index (χ1) is 10.4. The molecular weight excluding hydrogens is 300 g/mol. The smallest absolute Gasteiger partial charge is 0.277 e. The van der Waals surface area contributed by atoms with Gasteiger partial charge >= 0.3 is 0 Å². The number of benzene rings is 1. The van der Waals surface area contributed by atoms with Crippen molar-refractivity contribution in [2.24, 2.45) is 16.4 Å². The number of para-hydroxylation sites is 1. The molecule has 2 rings (SSSR count).